The average Bonchev–Trinajstić information content (AvgIpc) is 2.49. The van der Waals surface area contributed by atoms with Crippen LogP contribution in [0, 0.1) is 0 Å². The van der Waals surface area contributed by atoms with Gasteiger partial charge >= 0.3 is 0 Å². The molecule has 1 fully saturated rings. The number of rotatable bonds is 6. The topological polar surface area (TPSA) is 49.4 Å². The van der Waals surface area contributed by atoms with Crippen LogP contribution < -0.4 is 5.32 Å². The molecule has 0 amide bonds. The van der Waals surface area contributed by atoms with Gasteiger partial charge in [0.05, 0.1) is 4.90 Å². The van der Waals surface area contributed by atoms with Crippen LogP contribution in [0.1, 0.15) is 18.9 Å². The maximum Gasteiger partial charge on any atom is 0.243 e. The lowest BCUT2D eigenvalue weighted by molar-refractivity contribution is 0.443. The molecule has 1 saturated heterocycles. The van der Waals surface area contributed by atoms with Gasteiger partial charge in [0.2, 0.25) is 10.0 Å². The first-order valence-corrected chi connectivity index (χ1v) is 9.61. The van der Waals surface area contributed by atoms with E-state index in [0.29, 0.717) is 24.5 Å². The summed E-state index contributed by atoms with van der Waals surface area (Å²) in [5.74, 6) is 1.77. The predicted octanol–water partition coefficient (Wildman–Crippen LogP) is 1.92. The maximum absolute atomic E-state index is 12.6. The molecular formula is C14H22N2O2S2. The molecule has 1 aromatic rings. The van der Waals surface area contributed by atoms with E-state index in [2.05, 4.69) is 12.2 Å². The molecule has 0 bridgehead atoms. The van der Waals surface area contributed by atoms with Crippen LogP contribution in [0.2, 0.25) is 0 Å². The zero-order chi connectivity index (χ0) is 14.4. The van der Waals surface area contributed by atoms with Gasteiger partial charge in [0.15, 0.2) is 0 Å². The molecule has 4 nitrogen and oxygen atoms in total. The van der Waals surface area contributed by atoms with Gasteiger partial charge in [0.1, 0.15) is 0 Å². The summed E-state index contributed by atoms with van der Waals surface area (Å²) >= 11 is 1.81. The predicted molar refractivity (Wildman–Crippen MR) is 84.5 cm³/mol. The molecule has 0 unspecified atom stereocenters. The molecule has 1 aliphatic rings. The molecule has 1 heterocycles. The van der Waals surface area contributed by atoms with Crippen molar-refractivity contribution < 1.29 is 8.42 Å². The highest BCUT2D eigenvalue weighted by Crippen LogP contribution is 2.20. The summed E-state index contributed by atoms with van der Waals surface area (Å²) in [6, 6.07) is 7.28. The number of thioether (sulfide) groups is 1. The number of benzene rings is 1. The lowest BCUT2D eigenvalue weighted by Crippen LogP contribution is -2.37. The van der Waals surface area contributed by atoms with E-state index < -0.39 is 10.0 Å². The van der Waals surface area contributed by atoms with Crippen molar-refractivity contribution in [3.63, 3.8) is 0 Å². The van der Waals surface area contributed by atoms with Gasteiger partial charge in [-0.15, -0.1) is 0 Å². The molecule has 20 heavy (non-hydrogen) atoms. The number of hydrogen-bond acceptors (Lipinski definition) is 4. The van der Waals surface area contributed by atoms with Crippen molar-refractivity contribution in [2.45, 2.75) is 24.8 Å². The Hall–Kier alpha value is -0.560. The van der Waals surface area contributed by atoms with E-state index in [1.54, 1.807) is 16.4 Å². The summed E-state index contributed by atoms with van der Waals surface area (Å²) in [6.45, 7) is 5.01. The highest BCUT2D eigenvalue weighted by atomic mass is 32.2. The van der Waals surface area contributed by atoms with E-state index in [1.807, 2.05) is 23.9 Å². The molecular weight excluding hydrogens is 292 g/mol. The Kier molecular flexibility index (Phi) is 5.89. The third-order valence-corrected chi connectivity index (χ3v) is 6.10. The standard InChI is InChI=1S/C14H22N2O2S2/c1-2-6-15-12-13-4-3-5-14(11-13)20(17,18)16-7-9-19-10-8-16/h3-5,11,15H,2,6-10,12H2,1H3. The molecule has 2 rings (SSSR count). The molecule has 112 valence electrons. The zero-order valence-corrected chi connectivity index (χ0v) is 13.5. The first-order chi connectivity index (χ1) is 9.64. The van der Waals surface area contributed by atoms with Gasteiger partial charge in [-0.25, -0.2) is 8.42 Å². The third-order valence-electron chi connectivity index (χ3n) is 3.26. The Morgan fingerprint density at radius 1 is 1.30 bits per heavy atom. The fourth-order valence-electron chi connectivity index (χ4n) is 2.16. The van der Waals surface area contributed by atoms with E-state index in [-0.39, 0.29) is 0 Å². The Balaban J connectivity index is 2.12. The highest BCUT2D eigenvalue weighted by molar-refractivity contribution is 7.99. The minimum atomic E-state index is -3.32. The van der Waals surface area contributed by atoms with Gasteiger partial charge in [-0.1, -0.05) is 19.1 Å². The van der Waals surface area contributed by atoms with Crippen molar-refractivity contribution in [1.29, 1.82) is 0 Å². The van der Waals surface area contributed by atoms with Crippen LogP contribution in [0.15, 0.2) is 29.2 Å². The van der Waals surface area contributed by atoms with E-state index in [4.69, 9.17) is 0 Å². The van der Waals surface area contributed by atoms with E-state index in [0.717, 1.165) is 30.0 Å². The Bertz CT molecular complexity index is 526. The summed E-state index contributed by atoms with van der Waals surface area (Å²) < 4.78 is 26.7. The molecule has 1 N–H and O–H groups in total. The van der Waals surface area contributed by atoms with Crippen LogP contribution in [0.4, 0.5) is 0 Å². The molecule has 1 aromatic carbocycles. The normalized spacial score (nSPS) is 17.2. The third kappa shape index (κ3) is 3.97. The van der Waals surface area contributed by atoms with Crippen molar-refractivity contribution in [3.8, 4) is 0 Å². The summed E-state index contributed by atoms with van der Waals surface area (Å²) in [6.07, 6.45) is 1.07. The van der Waals surface area contributed by atoms with Crippen LogP contribution in [0.25, 0.3) is 0 Å². The van der Waals surface area contributed by atoms with Gasteiger partial charge in [-0.3, -0.25) is 0 Å². The first kappa shape index (κ1) is 15.8. The summed E-state index contributed by atoms with van der Waals surface area (Å²) in [7, 11) is -3.32. The van der Waals surface area contributed by atoms with E-state index in [9.17, 15) is 8.42 Å². The van der Waals surface area contributed by atoms with E-state index >= 15 is 0 Å². The maximum atomic E-state index is 12.6. The largest absolute Gasteiger partial charge is 0.313 e. The number of sulfonamides is 1. The van der Waals surface area contributed by atoms with Crippen LogP contribution in [-0.2, 0) is 16.6 Å². The average molecular weight is 314 g/mol. The van der Waals surface area contributed by atoms with Crippen molar-refractivity contribution in [2.24, 2.45) is 0 Å². The van der Waals surface area contributed by atoms with Crippen molar-refractivity contribution in [3.05, 3.63) is 29.8 Å². The number of hydrogen-bond donors (Lipinski definition) is 1. The minimum Gasteiger partial charge on any atom is -0.313 e. The quantitative estimate of drug-likeness (QED) is 0.815. The second-order valence-electron chi connectivity index (χ2n) is 4.84. The SMILES string of the molecule is CCCNCc1cccc(S(=O)(=O)N2CCSCC2)c1. The number of nitrogens with one attached hydrogen (secondary N) is 1. The van der Waals surface area contributed by atoms with Crippen molar-refractivity contribution in [2.75, 3.05) is 31.1 Å². The highest BCUT2D eigenvalue weighted by Gasteiger charge is 2.26. The van der Waals surface area contributed by atoms with Crippen LogP contribution in [0.3, 0.4) is 0 Å². The molecule has 6 heteroatoms. The smallest absolute Gasteiger partial charge is 0.243 e. The molecule has 0 aliphatic carbocycles. The summed E-state index contributed by atoms with van der Waals surface area (Å²) in [4.78, 5) is 0.417. The molecule has 0 aromatic heterocycles. The molecule has 1 aliphatic heterocycles. The summed E-state index contributed by atoms with van der Waals surface area (Å²) in [5, 5.41) is 3.30. The molecule has 0 radical (unpaired) electrons. The Morgan fingerprint density at radius 3 is 2.75 bits per heavy atom. The lowest BCUT2D eigenvalue weighted by Gasteiger charge is -2.25. The van der Waals surface area contributed by atoms with Gasteiger partial charge in [-0.05, 0) is 30.7 Å². The molecule has 0 saturated carbocycles. The zero-order valence-electron chi connectivity index (χ0n) is 11.8. The van der Waals surface area contributed by atoms with Gasteiger partial charge in [0.25, 0.3) is 0 Å². The monoisotopic (exact) mass is 314 g/mol. The minimum absolute atomic E-state index is 0.417. The van der Waals surface area contributed by atoms with Crippen molar-refractivity contribution in [1.82, 2.24) is 9.62 Å². The molecule has 0 atom stereocenters. The van der Waals surface area contributed by atoms with E-state index in [1.165, 1.54) is 0 Å². The fraction of sp³-hybridized carbons (Fsp3) is 0.571. The van der Waals surface area contributed by atoms with Crippen LogP contribution in [0.5, 0.6) is 0 Å². The first-order valence-electron chi connectivity index (χ1n) is 7.02. The van der Waals surface area contributed by atoms with Crippen LogP contribution in [-0.4, -0.2) is 43.9 Å². The Morgan fingerprint density at radius 2 is 2.05 bits per heavy atom. The van der Waals surface area contributed by atoms with Gasteiger partial charge in [-0.2, -0.15) is 16.1 Å². The second-order valence-corrected chi connectivity index (χ2v) is 8.00. The lowest BCUT2D eigenvalue weighted by atomic mass is 10.2. The van der Waals surface area contributed by atoms with Gasteiger partial charge in [0, 0.05) is 31.1 Å². The van der Waals surface area contributed by atoms with Crippen molar-refractivity contribution >= 4 is 21.8 Å². The fourth-order valence-corrected chi connectivity index (χ4v) is 4.81. The number of nitrogens with zero attached hydrogens (tertiary/aromatic N) is 1. The second kappa shape index (κ2) is 7.45. The Labute approximate surface area is 126 Å². The van der Waals surface area contributed by atoms with Gasteiger partial charge < -0.3 is 5.32 Å². The summed E-state index contributed by atoms with van der Waals surface area (Å²) in [5.41, 5.74) is 1.02. The van der Waals surface area contributed by atoms with Crippen LogP contribution >= 0.6 is 11.8 Å². The molecule has 0 spiro atoms.